The van der Waals surface area contributed by atoms with E-state index in [1.165, 1.54) is 76.6 Å². The normalized spacial score (nSPS) is 12.1. The molecule has 8 aromatic carbocycles. The molecule has 0 fully saturated rings. The minimum Gasteiger partial charge on any atom is -0.309 e. The largest absolute Gasteiger partial charge is 0.309 e. The summed E-state index contributed by atoms with van der Waals surface area (Å²) in [6.45, 7) is 0. The molecule has 0 saturated heterocycles. The lowest BCUT2D eigenvalue weighted by Gasteiger charge is -2.11. The van der Waals surface area contributed by atoms with Gasteiger partial charge in [-0.25, -0.2) is 9.97 Å². The Morgan fingerprint density at radius 1 is 0.352 bits per heavy atom. The van der Waals surface area contributed by atoms with Gasteiger partial charge in [0.15, 0.2) is 5.82 Å². The van der Waals surface area contributed by atoms with E-state index >= 15 is 0 Å². The van der Waals surface area contributed by atoms with Gasteiger partial charge in [0.25, 0.3) is 0 Å². The van der Waals surface area contributed by atoms with Crippen molar-refractivity contribution in [2.45, 2.75) is 0 Å². The molecule has 0 unspecified atom stereocenters. The predicted octanol–water partition coefficient (Wildman–Crippen LogP) is 12.8. The zero-order valence-corrected chi connectivity index (χ0v) is 29.1. The Hall–Kier alpha value is -7.30. The first-order valence-electron chi connectivity index (χ1n) is 18.4. The first-order valence-corrected chi connectivity index (χ1v) is 18.4. The van der Waals surface area contributed by atoms with Crippen molar-refractivity contribution in [2.24, 2.45) is 0 Å². The highest BCUT2D eigenvalue weighted by Crippen LogP contribution is 2.47. The van der Waals surface area contributed by atoms with Gasteiger partial charge < -0.3 is 9.13 Å². The second-order valence-electron chi connectivity index (χ2n) is 14.2. The summed E-state index contributed by atoms with van der Waals surface area (Å²) in [5.74, 6) is 0.734. The number of benzene rings is 8. The van der Waals surface area contributed by atoms with E-state index in [0.717, 1.165) is 34.0 Å². The summed E-state index contributed by atoms with van der Waals surface area (Å²) < 4.78 is 4.79. The van der Waals surface area contributed by atoms with E-state index in [4.69, 9.17) is 9.97 Å². The van der Waals surface area contributed by atoms with Crippen molar-refractivity contribution in [3.63, 3.8) is 0 Å². The average Bonchev–Trinajstić information content (AvgIpc) is 3.88. The Bertz CT molecular complexity index is 3310. The fourth-order valence-corrected chi connectivity index (χ4v) is 9.07. The van der Waals surface area contributed by atoms with Crippen LogP contribution in [0.5, 0.6) is 0 Å². The molecule has 54 heavy (non-hydrogen) atoms. The molecule has 3 heterocycles. The monoisotopic (exact) mass is 686 g/mol. The molecule has 0 amide bonds. The first kappa shape index (κ1) is 29.3. The first-order chi connectivity index (χ1) is 26.8. The molecule has 1 aliphatic rings. The third-order valence-electron chi connectivity index (χ3n) is 11.3. The van der Waals surface area contributed by atoms with Gasteiger partial charge in [-0.1, -0.05) is 115 Å². The van der Waals surface area contributed by atoms with Crippen LogP contribution in [0.3, 0.4) is 0 Å². The minimum atomic E-state index is 0.734. The summed E-state index contributed by atoms with van der Waals surface area (Å²) >= 11 is 0. The second-order valence-corrected chi connectivity index (χ2v) is 14.2. The molecule has 4 heteroatoms. The van der Waals surface area contributed by atoms with Gasteiger partial charge in [0, 0.05) is 55.8 Å². The average molecular weight is 687 g/mol. The number of hydrogen-bond donors (Lipinski definition) is 0. The maximum Gasteiger partial charge on any atom is 0.159 e. The highest BCUT2D eigenvalue weighted by Gasteiger charge is 2.24. The van der Waals surface area contributed by atoms with Gasteiger partial charge in [-0.05, 0) is 88.1 Å². The van der Waals surface area contributed by atoms with Gasteiger partial charge in [0.05, 0.1) is 27.8 Å². The van der Waals surface area contributed by atoms with Crippen LogP contribution in [0.4, 0.5) is 0 Å². The molecule has 0 spiro atoms. The van der Waals surface area contributed by atoms with Crippen LogP contribution < -0.4 is 0 Å². The van der Waals surface area contributed by atoms with Crippen molar-refractivity contribution >= 4 is 54.4 Å². The van der Waals surface area contributed by atoms with Gasteiger partial charge in [-0.2, -0.15) is 0 Å². The lowest BCUT2D eigenvalue weighted by atomic mass is 9.95. The molecule has 12 rings (SSSR count). The second kappa shape index (κ2) is 11.1. The number of fused-ring (bicyclic) bond motifs is 9. The van der Waals surface area contributed by atoms with Crippen LogP contribution in [0, 0.1) is 0 Å². The summed E-state index contributed by atoms with van der Waals surface area (Å²) in [4.78, 5) is 10.0. The SMILES string of the molecule is c1ccc(-n2c3ccccc3c3c(-c4cccc5c4c4ccccc4n5-c4ccc(-c5ncc6c(n5)-c5cccc7cccc-6c57)cc4)cccc32)cc1. The van der Waals surface area contributed by atoms with E-state index in [1.54, 1.807) is 0 Å². The van der Waals surface area contributed by atoms with Gasteiger partial charge in [0.2, 0.25) is 0 Å². The van der Waals surface area contributed by atoms with Crippen LogP contribution in [-0.4, -0.2) is 19.1 Å². The van der Waals surface area contributed by atoms with Crippen molar-refractivity contribution in [2.75, 3.05) is 0 Å². The number of aromatic nitrogens is 4. The zero-order chi connectivity index (χ0) is 35.3. The summed E-state index contributed by atoms with van der Waals surface area (Å²) in [5, 5.41) is 7.49. The van der Waals surface area contributed by atoms with Gasteiger partial charge in [-0.3, -0.25) is 0 Å². The topological polar surface area (TPSA) is 35.6 Å². The Kier molecular flexibility index (Phi) is 6.02. The van der Waals surface area contributed by atoms with Crippen LogP contribution in [0.15, 0.2) is 182 Å². The maximum absolute atomic E-state index is 5.15. The van der Waals surface area contributed by atoms with Crippen LogP contribution in [-0.2, 0) is 0 Å². The third kappa shape index (κ3) is 4.02. The molecule has 3 aromatic heterocycles. The lowest BCUT2D eigenvalue weighted by Crippen LogP contribution is -1.96. The molecule has 0 N–H and O–H groups in total. The third-order valence-corrected chi connectivity index (χ3v) is 11.3. The van der Waals surface area contributed by atoms with Crippen LogP contribution in [0.2, 0.25) is 0 Å². The molecule has 250 valence electrons. The minimum absolute atomic E-state index is 0.734. The van der Waals surface area contributed by atoms with Gasteiger partial charge in [0.1, 0.15) is 0 Å². The molecule has 0 radical (unpaired) electrons. The maximum atomic E-state index is 5.15. The van der Waals surface area contributed by atoms with E-state index in [1.807, 2.05) is 6.20 Å². The smallest absolute Gasteiger partial charge is 0.159 e. The fourth-order valence-electron chi connectivity index (χ4n) is 9.07. The van der Waals surface area contributed by atoms with Gasteiger partial charge >= 0.3 is 0 Å². The molecule has 4 nitrogen and oxygen atoms in total. The summed E-state index contributed by atoms with van der Waals surface area (Å²) in [6, 6.07) is 63.4. The highest BCUT2D eigenvalue weighted by atomic mass is 15.0. The molecule has 0 saturated carbocycles. The van der Waals surface area contributed by atoms with E-state index in [0.29, 0.717) is 0 Å². The molecule has 0 atom stereocenters. The molecular formula is C50H30N4. The Labute approximate surface area is 310 Å². The number of hydrogen-bond acceptors (Lipinski definition) is 2. The van der Waals surface area contributed by atoms with Crippen molar-refractivity contribution < 1.29 is 0 Å². The summed E-state index contributed by atoms with van der Waals surface area (Å²) in [5.41, 5.74) is 15.0. The number of rotatable bonds is 4. The quantitative estimate of drug-likeness (QED) is 0.185. The zero-order valence-electron chi connectivity index (χ0n) is 29.1. The summed E-state index contributed by atoms with van der Waals surface area (Å²) in [7, 11) is 0. The molecule has 0 aliphatic heterocycles. The van der Waals surface area contributed by atoms with Crippen LogP contribution >= 0.6 is 0 Å². The van der Waals surface area contributed by atoms with Crippen molar-refractivity contribution in [1.82, 2.24) is 19.1 Å². The lowest BCUT2D eigenvalue weighted by molar-refractivity contribution is 1.17. The van der Waals surface area contributed by atoms with E-state index in [-0.39, 0.29) is 0 Å². The molecule has 1 aliphatic carbocycles. The Morgan fingerprint density at radius 3 is 1.48 bits per heavy atom. The standard InChI is InChI=1S/C50H30N4/c1-2-14-33(15-3-1)53-42-22-6-4-16-38(42)47-35(19-10-24-44(47)53)36-20-11-25-45-48(36)39-17-5-7-23-43(39)54(45)34-28-26-32(27-29-34)50-51-30-41-37-18-8-12-31-13-9-21-40(46(31)37)49(41)52-50/h1-30H. The van der Waals surface area contributed by atoms with Gasteiger partial charge in [-0.15, -0.1) is 0 Å². The summed E-state index contributed by atoms with van der Waals surface area (Å²) in [6.07, 6.45) is 1.99. The van der Waals surface area contributed by atoms with E-state index < -0.39 is 0 Å². The number of nitrogens with zero attached hydrogens (tertiary/aromatic N) is 4. The van der Waals surface area contributed by atoms with Crippen molar-refractivity contribution in [1.29, 1.82) is 0 Å². The Balaban J connectivity index is 1.02. The number of para-hydroxylation sites is 3. The van der Waals surface area contributed by atoms with Crippen LogP contribution in [0.25, 0.3) is 111 Å². The molecule has 0 bridgehead atoms. The molecule has 11 aromatic rings. The van der Waals surface area contributed by atoms with E-state index in [2.05, 4.69) is 185 Å². The highest BCUT2D eigenvalue weighted by molar-refractivity contribution is 6.22. The fraction of sp³-hybridized carbons (Fsp3) is 0. The van der Waals surface area contributed by atoms with Crippen LogP contribution in [0.1, 0.15) is 0 Å². The Morgan fingerprint density at radius 2 is 0.852 bits per heavy atom. The van der Waals surface area contributed by atoms with Crippen molar-refractivity contribution in [3.05, 3.63) is 182 Å². The molecular weight excluding hydrogens is 657 g/mol. The van der Waals surface area contributed by atoms with Crippen molar-refractivity contribution in [3.8, 4) is 56.3 Å². The van der Waals surface area contributed by atoms with E-state index in [9.17, 15) is 0 Å². The predicted molar refractivity (Wildman–Crippen MR) is 224 cm³/mol.